The van der Waals surface area contributed by atoms with Gasteiger partial charge in [0.25, 0.3) is 15.9 Å². The zero-order chi connectivity index (χ0) is 34.4. The molecule has 2 aliphatic heterocycles. The minimum atomic E-state index is -4.01. The van der Waals surface area contributed by atoms with Crippen LogP contribution in [0.25, 0.3) is 0 Å². The fraction of sp³-hybridized carbons (Fsp3) is 0.529. The Labute approximate surface area is 282 Å². The number of fused-ring (bicyclic) bond motifs is 2. The number of nitrogens with one attached hydrogen (secondary N) is 1. The van der Waals surface area contributed by atoms with Gasteiger partial charge in [-0.15, -0.1) is 0 Å². The lowest BCUT2D eigenvalue weighted by atomic mass is 10.0. The number of amides is 1. The number of hydrogen-bond donors (Lipinski definition) is 2. The Morgan fingerprint density at radius 1 is 1.10 bits per heavy atom. The molecule has 0 spiro atoms. The molecule has 4 atom stereocenters. The first-order chi connectivity index (χ1) is 22.9. The summed E-state index contributed by atoms with van der Waals surface area (Å²) in [7, 11) is -0.290. The number of aryl methyl sites for hydroxylation is 1. The van der Waals surface area contributed by atoms with Gasteiger partial charge in [0.05, 0.1) is 36.7 Å². The number of sulfonamides is 1. The van der Waals surface area contributed by atoms with Gasteiger partial charge in [-0.2, -0.15) is 8.42 Å². The van der Waals surface area contributed by atoms with Crippen molar-refractivity contribution in [2.45, 2.75) is 69.9 Å². The monoisotopic (exact) mass is 685 g/mol. The first-order valence-corrected chi connectivity index (χ1v) is 17.8. The summed E-state index contributed by atoms with van der Waals surface area (Å²) in [5.41, 5.74) is 1.48. The summed E-state index contributed by atoms with van der Waals surface area (Å²) in [6.07, 6.45) is 4.84. The second kappa shape index (κ2) is 15.6. The number of nitrogens with zero attached hydrogens (tertiary/aromatic N) is 4. The van der Waals surface area contributed by atoms with E-state index in [1.807, 2.05) is 39.1 Å². The van der Waals surface area contributed by atoms with Gasteiger partial charge in [0.1, 0.15) is 5.75 Å². The number of aliphatic hydroxyl groups excluding tert-OH is 1. The van der Waals surface area contributed by atoms with Crippen molar-refractivity contribution >= 4 is 21.6 Å². The minimum absolute atomic E-state index is 0.112. The molecule has 0 radical (unpaired) electrons. The minimum Gasteiger partial charge on any atom is -0.490 e. The highest BCUT2D eigenvalue weighted by atomic mass is 32.2. The highest BCUT2D eigenvalue weighted by Crippen LogP contribution is 2.33. The van der Waals surface area contributed by atoms with Crippen molar-refractivity contribution < 1.29 is 37.3 Å². The van der Waals surface area contributed by atoms with Gasteiger partial charge in [0.15, 0.2) is 16.5 Å². The van der Waals surface area contributed by atoms with E-state index >= 15 is 0 Å². The van der Waals surface area contributed by atoms with Crippen LogP contribution in [0.2, 0.25) is 0 Å². The molecule has 5 rings (SSSR count). The predicted octanol–water partition coefficient (Wildman–Crippen LogP) is 3.88. The van der Waals surface area contributed by atoms with Gasteiger partial charge >= 0.3 is 0 Å². The largest absolute Gasteiger partial charge is 0.490 e. The number of anilines is 1. The summed E-state index contributed by atoms with van der Waals surface area (Å²) in [6, 6.07) is 10.1. The fourth-order valence-corrected chi connectivity index (χ4v) is 6.94. The number of imidazole rings is 1. The maximum absolute atomic E-state index is 14.4. The number of hydrogen-bond acceptors (Lipinski definition) is 10. The molecule has 1 amide bonds. The number of rotatable bonds is 9. The SMILES string of the molecule is C[C@H]1CCCCO[C@H](CN(C)Cc2ccc3c(c2)OCO3)[C@@H](C)CN([C@@H](C)CO)C(=O)c2cc(NS(=O)(=O)c3cn(C)cn3)ccc2O1. The maximum Gasteiger partial charge on any atom is 0.280 e. The third-order valence-electron chi connectivity index (χ3n) is 8.64. The Bertz CT molecular complexity index is 1660. The molecule has 13 nitrogen and oxygen atoms in total. The third kappa shape index (κ3) is 8.78. The van der Waals surface area contributed by atoms with Crippen molar-refractivity contribution in [1.29, 1.82) is 0 Å². The van der Waals surface area contributed by atoms with Gasteiger partial charge in [-0.25, -0.2) is 4.98 Å². The number of benzene rings is 2. The van der Waals surface area contributed by atoms with Gasteiger partial charge in [-0.3, -0.25) is 14.4 Å². The number of carbonyl (C=O) groups excluding carboxylic acids is 1. The summed E-state index contributed by atoms with van der Waals surface area (Å²) in [6.45, 7) is 7.88. The Balaban J connectivity index is 1.40. The Morgan fingerprint density at radius 2 is 1.88 bits per heavy atom. The van der Waals surface area contributed by atoms with Crippen LogP contribution >= 0.6 is 0 Å². The van der Waals surface area contributed by atoms with Crippen LogP contribution < -0.4 is 18.9 Å². The van der Waals surface area contributed by atoms with Crippen LogP contribution in [-0.4, -0.2) is 97.2 Å². The van der Waals surface area contributed by atoms with Gasteiger partial charge in [-0.05, 0) is 76.1 Å². The van der Waals surface area contributed by atoms with E-state index in [1.165, 1.54) is 23.2 Å². The summed E-state index contributed by atoms with van der Waals surface area (Å²) < 4.78 is 54.0. The molecule has 1 aromatic heterocycles. The Morgan fingerprint density at radius 3 is 2.62 bits per heavy atom. The van der Waals surface area contributed by atoms with Crippen molar-refractivity contribution in [3.63, 3.8) is 0 Å². The van der Waals surface area contributed by atoms with Crippen molar-refractivity contribution in [1.82, 2.24) is 19.4 Å². The number of likely N-dealkylation sites (N-methyl/N-ethyl adjacent to an activating group) is 1. The molecule has 2 aliphatic rings. The van der Waals surface area contributed by atoms with Crippen molar-refractivity contribution in [2.75, 3.05) is 44.9 Å². The van der Waals surface area contributed by atoms with E-state index in [1.54, 1.807) is 31.0 Å². The van der Waals surface area contributed by atoms with E-state index in [9.17, 15) is 18.3 Å². The fourth-order valence-electron chi connectivity index (χ4n) is 5.91. The van der Waals surface area contributed by atoms with Crippen LogP contribution in [0.3, 0.4) is 0 Å². The van der Waals surface area contributed by atoms with Crippen molar-refractivity contribution in [3.05, 3.63) is 60.0 Å². The van der Waals surface area contributed by atoms with Crippen LogP contribution in [0.1, 0.15) is 56.0 Å². The van der Waals surface area contributed by atoms with E-state index in [4.69, 9.17) is 18.9 Å². The van der Waals surface area contributed by atoms with Crippen molar-refractivity contribution in [2.24, 2.45) is 13.0 Å². The molecule has 2 N–H and O–H groups in total. The summed E-state index contributed by atoms with van der Waals surface area (Å²) >= 11 is 0. The number of aromatic nitrogens is 2. The molecule has 0 saturated heterocycles. The smallest absolute Gasteiger partial charge is 0.280 e. The van der Waals surface area contributed by atoms with Crippen LogP contribution in [0, 0.1) is 5.92 Å². The lowest BCUT2D eigenvalue weighted by molar-refractivity contribution is -0.0177. The summed E-state index contributed by atoms with van der Waals surface area (Å²) in [4.78, 5) is 22.2. The average molecular weight is 686 g/mol. The predicted molar refractivity (Wildman–Crippen MR) is 180 cm³/mol. The number of aliphatic hydroxyl groups is 1. The molecule has 0 bridgehead atoms. The molecule has 14 heteroatoms. The van der Waals surface area contributed by atoms with Crippen molar-refractivity contribution in [3.8, 4) is 17.2 Å². The molecule has 2 aromatic carbocycles. The molecule has 0 aliphatic carbocycles. The van der Waals surface area contributed by atoms with Gasteiger partial charge < -0.3 is 33.5 Å². The molecular weight excluding hydrogens is 638 g/mol. The Kier molecular flexibility index (Phi) is 11.5. The maximum atomic E-state index is 14.4. The lowest BCUT2D eigenvalue weighted by Gasteiger charge is -2.36. The van der Waals surface area contributed by atoms with E-state index in [-0.39, 0.29) is 53.7 Å². The molecule has 48 heavy (non-hydrogen) atoms. The standard InChI is InChI=1S/C34H47N5O8S/c1-23-16-39(24(2)20-40)34(41)28-15-27(36-48(42,43)33-19-38(5)21-35-33)10-12-29(28)47-25(3)8-6-7-13-44-32(23)18-37(4)17-26-9-11-30-31(14-26)46-22-45-30/h9-12,14-15,19,21,23-25,32,36,40H,6-8,13,16-18,20,22H2,1-5H3/t23-,24-,25-,32+/m0/s1. The van der Waals surface area contributed by atoms with E-state index in [0.717, 1.165) is 36.3 Å². The molecule has 3 heterocycles. The first kappa shape index (κ1) is 35.5. The molecular formula is C34H47N5O8S. The number of ether oxygens (including phenoxy) is 4. The van der Waals surface area contributed by atoms with Crippen LogP contribution in [0.15, 0.2) is 53.9 Å². The molecule has 262 valence electrons. The normalized spacial score (nSPS) is 21.4. The topological polar surface area (TPSA) is 145 Å². The highest BCUT2D eigenvalue weighted by Gasteiger charge is 2.31. The zero-order valence-corrected chi connectivity index (χ0v) is 29.1. The first-order valence-electron chi connectivity index (χ1n) is 16.4. The van der Waals surface area contributed by atoms with Crippen LogP contribution in [-0.2, 0) is 28.4 Å². The second-order valence-corrected chi connectivity index (χ2v) is 14.5. The number of carbonyl (C=O) groups is 1. The molecule has 0 unspecified atom stereocenters. The summed E-state index contributed by atoms with van der Waals surface area (Å²) in [5, 5.41) is 10.1. The third-order valence-corrected chi connectivity index (χ3v) is 9.91. The highest BCUT2D eigenvalue weighted by molar-refractivity contribution is 7.92. The molecule has 0 fully saturated rings. The molecule has 3 aromatic rings. The van der Waals surface area contributed by atoms with E-state index in [0.29, 0.717) is 32.0 Å². The quantitative estimate of drug-likeness (QED) is 0.341. The van der Waals surface area contributed by atoms with Crippen LogP contribution in [0.5, 0.6) is 17.2 Å². The zero-order valence-electron chi connectivity index (χ0n) is 28.3. The second-order valence-electron chi connectivity index (χ2n) is 12.9. The van der Waals surface area contributed by atoms with E-state index < -0.39 is 16.1 Å². The van der Waals surface area contributed by atoms with Gasteiger partial charge in [-0.1, -0.05) is 13.0 Å². The Hall–Kier alpha value is -3.85. The van der Waals surface area contributed by atoms with Gasteiger partial charge in [0.2, 0.25) is 6.79 Å². The lowest BCUT2D eigenvalue weighted by Crippen LogP contribution is -2.47. The van der Waals surface area contributed by atoms with Crippen LogP contribution in [0.4, 0.5) is 5.69 Å². The average Bonchev–Trinajstić information content (AvgIpc) is 3.71. The summed E-state index contributed by atoms with van der Waals surface area (Å²) in [5.74, 6) is 1.34. The van der Waals surface area contributed by atoms with Gasteiger partial charge in [0, 0.05) is 51.1 Å². The van der Waals surface area contributed by atoms with E-state index in [2.05, 4.69) is 14.6 Å². The molecule has 0 saturated carbocycles.